The highest BCUT2D eigenvalue weighted by Crippen LogP contribution is 2.24. The van der Waals surface area contributed by atoms with Gasteiger partial charge in [0.05, 0.1) is 11.2 Å². The normalized spacial score (nSPS) is 23.0. The minimum Gasteiger partial charge on any atom is -0.507 e. The topological polar surface area (TPSA) is 58.6 Å². The van der Waals surface area contributed by atoms with Crippen LogP contribution in [0.5, 0.6) is 5.75 Å². The third-order valence-electron chi connectivity index (χ3n) is 3.32. The molecule has 0 saturated carbocycles. The molecule has 0 spiro atoms. The summed E-state index contributed by atoms with van der Waals surface area (Å²) in [5.41, 5.74) is 0.993. The van der Waals surface area contributed by atoms with E-state index < -0.39 is 0 Å². The number of carbonyl (C=O) groups excluding carboxylic acids is 1. The van der Waals surface area contributed by atoms with E-state index in [4.69, 9.17) is 4.74 Å². The van der Waals surface area contributed by atoms with Crippen molar-refractivity contribution in [3.8, 4) is 5.75 Å². The van der Waals surface area contributed by atoms with Gasteiger partial charge in [0.25, 0.3) is 5.91 Å². The maximum absolute atomic E-state index is 12.0. The van der Waals surface area contributed by atoms with Gasteiger partial charge in [0, 0.05) is 13.2 Å². The first-order chi connectivity index (χ1) is 8.50. The fourth-order valence-corrected chi connectivity index (χ4v) is 2.17. The highest BCUT2D eigenvalue weighted by Gasteiger charge is 2.30. The smallest absolute Gasteiger partial charge is 0.255 e. The molecule has 0 aliphatic carbocycles. The summed E-state index contributed by atoms with van der Waals surface area (Å²) in [4.78, 5) is 12.0. The molecule has 2 N–H and O–H groups in total. The molecular weight excluding hydrogens is 230 g/mol. The van der Waals surface area contributed by atoms with E-state index in [1.54, 1.807) is 12.1 Å². The SMILES string of the molecule is Cc1ccc(O)c(C(=O)NCC2(C)CCCO2)c1. The number of phenols is 1. The number of hydrogen-bond donors (Lipinski definition) is 2. The maximum Gasteiger partial charge on any atom is 0.255 e. The van der Waals surface area contributed by atoms with E-state index in [1.807, 2.05) is 13.8 Å². The van der Waals surface area contributed by atoms with Crippen LogP contribution in [0.1, 0.15) is 35.7 Å². The molecule has 98 valence electrons. The minimum atomic E-state index is -0.269. The van der Waals surface area contributed by atoms with Crippen molar-refractivity contribution in [1.82, 2.24) is 5.32 Å². The van der Waals surface area contributed by atoms with Crippen molar-refractivity contribution in [3.05, 3.63) is 29.3 Å². The number of amides is 1. The van der Waals surface area contributed by atoms with E-state index in [1.165, 1.54) is 6.07 Å². The first-order valence-corrected chi connectivity index (χ1v) is 6.22. The number of phenolic OH excluding ortho intramolecular Hbond substituents is 1. The third kappa shape index (κ3) is 2.82. The van der Waals surface area contributed by atoms with Crippen molar-refractivity contribution in [2.45, 2.75) is 32.3 Å². The number of rotatable bonds is 3. The number of hydrogen-bond acceptors (Lipinski definition) is 3. The Bertz CT molecular complexity index is 450. The van der Waals surface area contributed by atoms with Gasteiger partial charge in [-0.2, -0.15) is 0 Å². The van der Waals surface area contributed by atoms with E-state index in [9.17, 15) is 9.90 Å². The molecule has 2 rings (SSSR count). The summed E-state index contributed by atoms with van der Waals surface area (Å²) in [6.45, 7) is 5.11. The fraction of sp³-hybridized carbons (Fsp3) is 0.500. The van der Waals surface area contributed by atoms with Gasteiger partial charge in [-0.15, -0.1) is 0 Å². The predicted molar refractivity (Wildman–Crippen MR) is 68.8 cm³/mol. The Morgan fingerprint density at radius 3 is 3.00 bits per heavy atom. The van der Waals surface area contributed by atoms with Crippen LogP contribution in [0, 0.1) is 6.92 Å². The van der Waals surface area contributed by atoms with Gasteiger partial charge in [0.1, 0.15) is 5.75 Å². The first kappa shape index (κ1) is 12.9. The average Bonchev–Trinajstić information content (AvgIpc) is 2.77. The van der Waals surface area contributed by atoms with Crippen LogP contribution in [0.2, 0.25) is 0 Å². The van der Waals surface area contributed by atoms with Gasteiger partial charge in [0.2, 0.25) is 0 Å². The molecule has 4 nitrogen and oxygen atoms in total. The number of aromatic hydroxyl groups is 1. The van der Waals surface area contributed by atoms with Gasteiger partial charge in [0.15, 0.2) is 0 Å². The van der Waals surface area contributed by atoms with E-state index in [0.717, 1.165) is 25.0 Å². The number of ether oxygens (including phenoxy) is 1. The Balaban J connectivity index is 2.01. The monoisotopic (exact) mass is 249 g/mol. The summed E-state index contributed by atoms with van der Waals surface area (Å²) in [5.74, 6) is -0.247. The number of nitrogens with one attached hydrogen (secondary N) is 1. The average molecular weight is 249 g/mol. The van der Waals surface area contributed by atoms with Gasteiger partial charge < -0.3 is 15.2 Å². The van der Waals surface area contributed by atoms with Gasteiger partial charge in [-0.3, -0.25) is 4.79 Å². The van der Waals surface area contributed by atoms with Gasteiger partial charge in [-0.1, -0.05) is 11.6 Å². The minimum absolute atomic E-state index is 0.00981. The molecule has 1 amide bonds. The van der Waals surface area contributed by atoms with Crippen LogP contribution in [0.4, 0.5) is 0 Å². The van der Waals surface area contributed by atoms with E-state index in [2.05, 4.69) is 5.32 Å². The molecular formula is C14H19NO3. The Morgan fingerprint density at radius 2 is 2.33 bits per heavy atom. The molecule has 1 aromatic rings. The molecule has 1 unspecified atom stereocenters. The van der Waals surface area contributed by atoms with E-state index >= 15 is 0 Å². The molecule has 1 aliphatic heterocycles. The van der Waals surface area contributed by atoms with Crippen LogP contribution < -0.4 is 5.32 Å². The van der Waals surface area contributed by atoms with Crippen LogP contribution in [-0.2, 0) is 4.74 Å². The molecule has 0 radical (unpaired) electrons. The number of carbonyl (C=O) groups is 1. The summed E-state index contributed by atoms with van der Waals surface area (Å²) in [5, 5.41) is 12.5. The lowest BCUT2D eigenvalue weighted by atomic mass is 10.0. The first-order valence-electron chi connectivity index (χ1n) is 6.22. The van der Waals surface area contributed by atoms with Crippen LogP contribution in [0.25, 0.3) is 0 Å². The molecule has 1 saturated heterocycles. The summed E-state index contributed by atoms with van der Waals surface area (Å²) in [6, 6.07) is 4.99. The fourth-order valence-electron chi connectivity index (χ4n) is 2.17. The molecule has 1 aromatic carbocycles. The van der Waals surface area contributed by atoms with Crippen LogP contribution in [-0.4, -0.2) is 29.8 Å². The largest absolute Gasteiger partial charge is 0.507 e. The van der Waals surface area contributed by atoms with Crippen molar-refractivity contribution in [3.63, 3.8) is 0 Å². The predicted octanol–water partition coefficient (Wildman–Crippen LogP) is 2.00. The molecule has 1 atom stereocenters. The molecule has 4 heteroatoms. The lowest BCUT2D eigenvalue weighted by Gasteiger charge is -2.23. The van der Waals surface area contributed by atoms with E-state index in [-0.39, 0.29) is 17.3 Å². The Morgan fingerprint density at radius 1 is 1.56 bits per heavy atom. The second-order valence-corrected chi connectivity index (χ2v) is 5.11. The summed E-state index contributed by atoms with van der Waals surface area (Å²) in [6.07, 6.45) is 1.98. The second-order valence-electron chi connectivity index (χ2n) is 5.11. The Hall–Kier alpha value is -1.55. The zero-order chi connectivity index (χ0) is 13.2. The Kier molecular flexibility index (Phi) is 3.57. The molecule has 1 heterocycles. The van der Waals surface area contributed by atoms with Crippen molar-refractivity contribution < 1.29 is 14.6 Å². The molecule has 0 bridgehead atoms. The quantitative estimate of drug-likeness (QED) is 0.861. The second kappa shape index (κ2) is 4.98. The third-order valence-corrected chi connectivity index (χ3v) is 3.32. The molecule has 1 fully saturated rings. The zero-order valence-corrected chi connectivity index (χ0v) is 10.8. The van der Waals surface area contributed by atoms with Crippen LogP contribution in [0.15, 0.2) is 18.2 Å². The highest BCUT2D eigenvalue weighted by atomic mass is 16.5. The standard InChI is InChI=1S/C14H19NO3/c1-10-4-5-12(16)11(8-10)13(17)15-9-14(2)6-3-7-18-14/h4-5,8,16H,3,6-7,9H2,1-2H3,(H,15,17). The van der Waals surface area contributed by atoms with Crippen molar-refractivity contribution in [2.24, 2.45) is 0 Å². The van der Waals surface area contributed by atoms with Crippen molar-refractivity contribution in [1.29, 1.82) is 0 Å². The number of benzene rings is 1. The van der Waals surface area contributed by atoms with Crippen molar-refractivity contribution in [2.75, 3.05) is 13.2 Å². The highest BCUT2D eigenvalue weighted by molar-refractivity contribution is 5.97. The molecule has 1 aliphatic rings. The lowest BCUT2D eigenvalue weighted by molar-refractivity contribution is 0.0205. The van der Waals surface area contributed by atoms with Crippen LogP contribution in [0.3, 0.4) is 0 Å². The van der Waals surface area contributed by atoms with Gasteiger partial charge in [-0.05, 0) is 38.8 Å². The summed E-state index contributed by atoms with van der Waals surface area (Å²) < 4.78 is 5.60. The molecule has 0 aromatic heterocycles. The molecule has 18 heavy (non-hydrogen) atoms. The van der Waals surface area contributed by atoms with Crippen LogP contribution >= 0.6 is 0 Å². The maximum atomic E-state index is 12.0. The van der Waals surface area contributed by atoms with Gasteiger partial charge in [-0.25, -0.2) is 0 Å². The lowest BCUT2D eigenvalue weighted by Crippen LogP contribution is -2.40. The van der Waals surface area contributed by atoms with Gasteiger partial charge >= 0.3 is 0 Å². The Labute approximate surface area is 107 Å². The zero-order valence-electron chi connectivity index (χ0n) is 10.8. The summed E-state index contributed by atoms with van der Waals surface area (Å²) in [7, 11) is 0. The number of aryl methyl sites for hydroxylation is 1. The van der Waals surface area contributed by atoms with E-state index in [0.29, 0.717) is 12.1 Å². The summed E-state index contributed by atoms with van der Waals surface area (Å²) >= 11 is 0. The van der Waals surface area contributed by atoms with Crippen molar-refractivity contribution >= 4 is 5.91 Å².